The minimum Gasteiger partial charge on any atom is -0.497 e. The fraction of sp³-hybridized carbons (Fsp3) is 0.383. The van der Waals surface area contributed by atoms with E-state index in [1.54, 1.807) is 50.7 Å². The number of rotatable bonds is 17. The maximum Gasteiger partial charge on any atom is 0.351 e. The quantitative estimate of drug-likeness (QED) is 0.0725. The van der Waals surface area contributed by atoms with Crippen LogP contribution in [0.25, 0.3) is 0 Å². The lowest BCUT2D eigenvalue weighted by Crippen LogP contribution is -2.58. The normalized spacial score (nSPS) is 17.3. The van der Waals surface area contributed by atoms with Gasteiger partial charge in [0, 0.05) is 11.8 Å². The highest BCUT2D eigenvalue weighted by Gasteiger charge is 2.50. The first-order valence-corrected chi connectivity index (χ1v) is 22.3. The Labute approximate surface area is 348 Å². The number of hydrogen-bond donors (Lipinski definition) is 1. The van der Waals surface area contributed by atoms with E-state index in [0.717, 1.165) is 16.7 Å². The van der Waals surface area contributed by atoms with Crippen molar-refractivity contribution in [1.82, 2.24) is 9.55 Å². The molecule has 1 aromatic heterocycles. The van der Waals surface area contributed by atoms with Crippen molar-refractivity contribution < 1.29 is 32.9 Å². The molecule has 0 aliphatic carbocycles. The van der Waals surface area contributed by atoms with Crippen LogP contribution in [0.15, 0.2) is 126 Å². The van der Waals surface area contributed by atoms with Crippen molar-refractivity contribution in [2.45, 2.75) is 75.6 Å². The highest BCUT2D eigenvalue weighted by Crippen LogP contribution is 2.46. The van der Waals surface area contributed by atoms with Crippen LogP contribution in [0.3, 0.4) is 0 Å². The van der Waals surface area contributed by atoms with Crippen LogP contribution in [0.2, 0.25) is 16.6 Å². The third-order valence-corrected chi connectivity index (χ3v) is 17.5. The zero-order chi connectivity index (χ0) is 42.2. The summed E-state index contributed by atoms with van der Waals surface area (Å²) in [5.74, 6) is 1.18. The molecule has 312 valence electrons. The largest absolute Gasteiger partial charge is 0.497 e. The molecule has 59 heavy (non-hydrogen) atoms. The molecule has 1 aliphatic rings. The Morgan fingerprint density at radius 3 is 1.81 bits per heavy atom. The summed E-state index contributed by atoms with van der Waals surface area (Å²) < 4.78 is 40.7. The number of ether oxygens (including phenoxy) is 5. The third kappa shape index (κ3) is 9.22. The van der Waals surface area contributed by atoms with Gasteiger partial charge in [-0.2, -0.15) is 4.98 Å². The van der Waals surface area contributed by atoms with Gasteiger partial charge in [0.05, 0.1) is 40.6 Å². The maximum absolute atomic E-state index is 13.7. The van der Waals surface area contributed by atoms with Crippen LogP contribution in [-0.4, -0.2) is 70.0 Å². The SMILES string of the molecule is COc1ccc(C(OC[C@]2(CO[Si](C(C)C)(C(C)C)C(C)C)COC[C@H](n3ccc(NC(=O)c4ccccc4)nc3=O)O2)(c2ccccc2)c2ccc(OC)cc2)cc1. The number of nitrogens with zero attached hydrogens (tertiary/aromatic N) is 2. The number of nitrogens with one attached hydrogen (secondary N) is 1. The second kappa shape index (κ2) is 18.9. The minimum atomic E-state index is -2.45. The second-order valence-electron chi connectivity index (χ2n) is 16.0. The zero-order valence-electron chi connectivity index (χ0n) is 35.3. The first-order chi connectivity index (χ1) is 28.4. The number of amides is 1. The lowest BCUT2D eigenvalue weighted by molar-refractivity contribution is -0.259. The predicted molar refractivity (Wildman–Crippen MR) is 232 cm³/mol. The van der Waals surface area contributed by atoms with Crippen molar-refractivity contribution >= 4 is 20.0 Å². The lowest BCUT2D eigenvalue weighted by Gasteiger charge is -2.48. The molecule has 1 amide bonds. The lowest BCUT2D eigenvalue weighted by atomic mass is 9.79. The van der Waals surface area contributed by atoms with Crippen molar-refractivity contribution in [3.05, 3.63) is 154 Å². The van der Waals surface area contributed by atoms with Crippen molar-refractivity contribution in [2.75, 3.05) is 46.0 Å². The molecule has 0 bridgehead atoms. The molecular formula is C47H57N3O8Si. The second-order valence-corrected chi connectivity index (χ2v) is 21.5. The van der Waals surface area contributed by atoms with Gasteiger partial charge in [0.1, 0.15) is 28.5 Å². The topological polar surface area (TPSA) is 119 Å². The number of aromatic nitrogens is 2. The van der Waals surface area contributed by atoms with Crippen molar-refractivity contribution in [3.63, 3.8) is 0 Å². The number of hydrogen-bond acceptors (Lipinski definition) is 9. The Kier molecular flexibility index (Phi) is 13.9. The van der Waals surface area contributed by atoms with E-state index in [0.29, 0.717) is 33.7 Å². The molecule has 1 aliphatic heterocycles. The highest BCUT2D eigenvalue weighted by molar-refractivity contribution is 6.77. The summed E-state index contributed by atoms with van der Waals surface area (Å²) >= 11 is 0. The van der Waals surface area contributed by atoms with Crippen LogP contribution in [0, 0.1) is 0 Å². The van der Waals surface area contributed by atoms with Crippen LogP contribution in [0.1, 0.15) is 74.8 Å². The van der Waals surface area contributed by atoms with Gasteiger partial charge in [0.2, 0.25) is 0 Å². The summed E-state index contributed by atoms with van der Waals surface area (Å²) in [6.07, 6.45) is 0.691. The molecule has 12 heteroatoms. The molecule has 2 heterocycles. The third-order valence-electron chi connectivity index (χ3n) is 11.4. The Morgan fingerprint density at radius 1 is 0.780 bits per heavy atom. The van der Waals surface area contributed by atoms with E-state index in [2.05, 4.69) is 64.0 Å². The fourth-order valence-electron chi connectivity index (χ4n) is 8.58. The predicted octanol–water partition coefficient (Wildman–Crippen LogP) is 9.00. The van der Waals surface area contributed by atoms with Gasteiger partial charge in [-0.25, -0.2) is 4.79 Å². The van der Waals surface area contributed by atoms with E-state index in [1.807, 2.05) is 72.8 Å². The van der Waals surface area contributed by atoms with Gasteiger partial charge in [-0.1, -0.05) is 114 Å². The van der Waals surface area contributed by atoms with Crippen molar-refractivity contribution in [3.8, 4) is 11.5 Å². The monoisotopic (exact) mass is 819 g/mol. The van der Waals surface area contributed by atoms with Gasteiger partial charge in [0.15, 0.2) is 14.5 Å². The molecule has 11 nitrogen and oxygen atoms in total. The Bertz CT molecular complexity index is 2110. The van der Waals surface area contributed by atoms with Gasteiger partial charge >= 0.3 is 5.69 Å². The molecule has 4 aromatic carbocycles. The zero-order valence-corrected chi connectivity index (χ0v) is 36.3. The van der Waals surface area contributed by atoms with Crippen molar-refractivity contribution in [2.24, 2.45) is 0 Å². The Hall–Kier alpha value is -5.11. The van der Waals surface area contributed by atoms with Crippen molar-refractivity contribution in [1.29, 1.82) is 0 Å². The van der Waals surface area contributed by atoms with E-state index in [-0.39, 0.29) is 38.2 Å². The average Bonchev–Trinajstić information content (AvgIpc) is 3.25. The molecule has 5 aromatic rings. The first kappa shape index (κ1) is 43.5. The number of anilines is 1. The van der Waals surface area contributed by atoms with Crippen LogP contribution in [0.4, 0.5) is 5.82 Å². The molecular weight excluding hydrogens is 763 g/mol. The highest BCUT2D eigenvalue weighted by atomic mass is 28.4. The Balaban J connectivity index is 1.43. The molecule has 2 atom stereocenters. The van der Waals surface area contributed by atoms with Gasteiger partial charge in [0.25, 0.3) is 5.91 Å². The molecule has 6 rings (SSSR count). The number of carbonyl (C=O) groups is 1. The number of benzene rings is 4. The Morgan fingerprint density at radius 2 is 1.31 bits per heavy atom. The van der Waals surface area contributed by atoms with Crippen LogP contribution < -0.4 is 20.5 Å². The maximum atomic E-state index is 13.7. The van der Waals surface area contributed by atoms with E-state index in [1.165, 1.54) is 4.57 Å². The summed E-state index contributed by atoms with van der Waals surface area (Å²) in [6, 6.07) is 36.2. The van der Waals surface area contributed by atoms with E-state index in [4.69, 9.17) is 28.1 Å². The van der Waals surface area contributed by atoms with Gasteiger partial charge in [-0.05, 0) is 75.8 Å². The van der Waals surface area contributed by atoms with Gasteiger partial charge in [-0.15, -0.1) is 0 Å². The average molecular weight is 820 g/mol. The standard InChI is InChI=1S/C47H57N3O8Si/c1-33(2)59(34(3)4,35(5)6)57-32-46(30-55-29-43(58-46)50-28-27-42(49-45(50)52)48-44(51)36-15-11-9-12-16-36)31-56-47(37-17-13-10-14-18-37,38-19-23-40(53-7)24-20-38)39-21-25-41(54-8)26-22-39/h9-28,33-35,43H,29-32H2,1-8H3,(H,48,49,51,52)/t43-,46+/m1/s1. The van der Waals surface area contributed by atoms with Crippen LogP contribution in [0.5, 0.6) is 11.5 Å². The number of carbonyl (C=O) groups excluding carboxylic acids is 1. The van der Waals surface area contributed by atoms with E-state index in [9.17, 15) is 9.59 Å². The fourth-order valence-corrected chi connectivity index (χ4v) is 14.1. The smallest absolute Gasteiger partial charge is 0.351 e. The molecule has 1 saturated heterocycles. The molecule has 1 fully saturated rings. The molecule has 0 radical (unpaired) electrons. The molecule has 0 saturated carbocycles. The summed E-state index contributed by atoms with van der Waals surface area (Å²) in [4.78, 5) is 30.8. The summed E-state index contributed by atoms with van der Waals surface area (Å²) in [5.41, 5.74) is 1.03. The number of methoxy groups -OCH3 is 2. The molecule has 0 spiro atoms. The summed E-state index contributed by atoms with van der Waals surface area (Å²) in [6.45, 7) is 13.9. The minimum absolute atomic E-state index is 0.0165. The van der Waals surface area contributed by atoms with Gasteiger partial charge in [-0.3, -0.25) is 9.36 Å². The van der Waals surface area contributed by atoms with Gasteiger partial charge < -0.3 is 33.4 Å². The summed E-state index contributed by atoms with van der Waals surface area (Å²) in [7, 11) is 0.836. The van der Waals surface area contributed by atoms with E-state index < -0.39 is 31.4 Å². The van der Waals surface area contributed by atoms with Crippen LogP contribution in [-0.2, 0) is 24.2 Å². The van der Waals surface area contributed by atoms with E-state index >= 15 is 0 Å². The van der Waals surface area contributed by atoms with Crippen LogP contribution >= 0.6 is 0 Å². The first-order valence-electron chi connectivity index (χ1n) is 20.2. The molecule has 0 unspecified atom stereocenters. The molecule has 1 N–H and O–H groups in total. The summed E-state index contributed by atoms with van der Waals surface area (Å²) in [5, 5.41) is 2.73.